The van der Waals surface area contributed by atoms with E-state index in [9.17, 15) is 14.0 Å². The van der Waals surface area contributed by atoms with Crippen molar-refractivity contribution in [3.05, 3.63) is 116 Å². The second kappa shape index (κ2) is 7.87. The van der Waals surface area contributed by atoms with E-state index in [1.54, 1.807) is 34.9 Å². The Kier molecular flexibility index (Phi) is 5.12. The van der Waals surface area contributed by atoms with E-state index in [0.717, 1.165) is 16.7 Å². The summed E-state index contributed by atoms with van der Waals surface area (Å²) < 4.78 is 16.1. The molecular weight excluding hydrogens is 367 g/mol. The molecule has 0 N–H and O–H groups in total. The van der Waals surface area contributed by atoms with Gasteiger partial charge in [-0.15, -0.1) is 0 Å². The average molecular weight is 388 g/mol. The van der Waals surface area contributed by atoms with Gasteiger partial charge in [0.15, 0.2) is 0 Å². The maximum atomic E-state index is 13.2. The van der Waals surface area contributed by atoms with Crippen LogP contribution in [0, 0.1) is 12.7 Å². The minimum Gasteiger partial charge on any atom is -0.289 e. The molecule has 0 saturated heterocycles. The number of rotatable bonds is 5. The molecule has 3 aromatic carbocycles. The van der Waals surface area contributed by atoms with Crippen molar-refractivity contribution in [2.75, 3.05) is 0 Å². The van der Waals surface area contributed by atoms with Gasteiger partial charge in [0.05, 0.1) is 17.4 Å². The molecule has 1 aromatic heterocycles. The molecule has 4 rings (SSSR count). The molecule has 4 nitrogen and oxygen atoms in total. The number of nitrogens with zero attached hydrogens (tertiary/aromatic N) is 2. The third-order valence-electron chi connectivity index (χ3n) is 5.13. The van der Waals surface area contributed by atoms with Gasteiger partial charge in [-0.1, -0.05) is 54.1 Å². The van der Waals surface area contributed by atoms with E-state index in [4.69, 9.17) is 0 Å². The Bertz CT molecular complexity index is 1270. The topological polar surface area (TPSA) is 44.0 Å². The predicted octanol–water partition coefficient (Wildman–Crippen LogP) is 3.90. The van der Waals surface area contributed by atoms with Crippen LogP contribution in [0.2, 0.25) is 0 Å². The van der Waals surface area contributed by atoms with Crippen molar-refractivity contribution in [2.45, 2.75) is 26.4 Å². The highest BCUT2D eigenvalue weighted by molar-refractivity contribution is 5.77. The Morgan fingerprint density at radius 3 is 2.17 bits per heavy atom. The number of hydrogen-bond donors (Lipinski definition) is 0. The van der Waals surface area contributed by atoms with Gasteiger partial charge in [-0.05, 0) is 48.7 Å². The first-order chi connectivity index (χ1) is 14.0. The predicted molar refractivity (Wildman–Crippen MR) is 113 cm³/mol. The lowest BCUT2D eigenvalue weighted by molar-refractivity contribution is 0.588. The van der Waals surface area contributed by atoms with Gasteiger partial charge < -0.3 is 0 Å². The van der Waals surface area contributed by atoms with Crippen LogP contribution in [0.4, 0.5) is 4.39 Å². The fraction of sp³-hybridized carbons (Fsp3) is 0.167. The average Bonchev–Trinajstić information content (AvgIpc) is 2.74. The van der Waals surface area contributed by atoms with E-state index >= 15 is 0 Å². The van der Waals surface area contributed by atoms with Gasteiger partial charge in [0.2, 0.25) is 0 Å². The molecule has 0 bridgehead atoms. The fourth-order valence-electron chi connectivity index (χ4n) is 3.49. The standard InChI is InChI=1S/C24H21FN2O2/c1-17-6-8-19(9-7-17)16-27-22-5-3-2-4-21(22)23(28)26(24(27)29)15-14-18-10-12-20(25)13-11-18/h2-13H,14-16H2,1H3. The van der Waals surface area contributed by atoms with Crippen LogP contribution < -0.4 is 11.2 Å². The Morgan fingerprint density at radius 2 is 1.45 bits per heavy atom. The Morgan fingerprint density at radius 1 is 0.793 bits per heavy atom. The summed E-state index contributed by atoms with van der Waals surface area (Å²) in [5.74, 6) is -0.308. The van der Waals surface area contributed by atoms with Gasteiger partial charge in [-0.2, -0.15) is 0 Å². The summed E-state index contributed by atoms with van der Waals surface area (Å²) in [5.41, 5.74) is 3.00. The lowest BCUT2D eigenvalue weighted by Crippen LogP contribution is -2.40. The van der Waals surface area contributed by atoms with Crippen LogP contribution in [0.5, 0.6) is 0 Å². The van der Waals surface area contributed by atoms with Gasteiger partial charge >= 0.3 is 5.69 Å². The second-order valence-corrected chi connectivity index (χ2v) is 7.20. The summed E-state index contributed by atoms with van der Waals surface area (Å²) in [6, 6.07) is 21.3. The van der Waals surface area contributed by atoms with Crippen LogP contribution in [-0.4, -0.2) is 9.13 Å². The van der Waals surface area contributed by atoms with Crippen molar-refractivity contribution < 1.29 is 4.39 Å². The van der Waals surface area contributed by atoms with Crippen LogP contribution in [-0.2, 0) is 19.5 Å². The van der Waals surface area contributed by atoms with Crippen LogP contribution in [0.3, 0.4) is 0 Å². The highest BCUT2D eigenvalue weighted by Crippen LogP contribution is 2.12. The van der Waals surface area contributed by atoms with Crippen LogP contribution in [0.15, 0.2) is 82.4 Å². The van der Waals surface area contributed by atoms with Crippen LogP contribution in [0.25, 0.3) is 10.9 Å². The fourth-order valence-corrected chi connectivity index (χ4v) is 3.49. The molecule has 146 valence electrons. The van der Waals surface area contributed by atoms with Crippen molar-refractivity contribution in [1.29, 1.82) is 0 Å². The molecule has 0 radical (unpaired) electrons. The molecule has 0 unspecified atom stereocenters. The zero-order valence-electron chi connectivity index (χ0n) is 16.1. The zero-order chi connectivity index (χ0) is 20.4. The van der Waals surface area contributed by atoms with Gasteiger partial charge in [-0.25, -0.2) is 9.18 Å². The number of aryl methyl sites for hydroxylation is 2. The minimum atomic E-state index is -0.337. The molecule has 4 aromatic rings. The molecule has 0 aliphatic rings. The quantitative estimate of drug-likeness (QED) is 0.520. The Labute approximate surface area is 167 Å². The maximum Gasteiger partial charge on any atom is 0.331 e. The number of para-hydroxylation sites is 1. The maximum absolute atomic E-state index is 13.2. The number of halogens is 1. The normalized spacial score (nSPS) is 11.1. The van der Waals surface area contributed by atoms with Crippen molar-refractivity contribution >= 4 is 10.9 Å². The molecule has 0 atom stereocenters. The molecule has 0 spiro atoms. The molecule has 1 heterocycles. The van der Waals surface area contributed by atoms with Crippen molar-refractivity contribution in [1.82, 2.24) is 9.13 Å². The second-order valence-electron chi connectivity index (χ2n) is 7.20. The van der Waals surface area contributed by atoms with E-state index in [2.05, 4.69) is 0 Å². The third-order valence-corrected chi connectivity index (χ3v) is 5.13. The first kappa shape index (κ1) is 18.9. The molecule has 29 heavy (non-hydrogen) atoms. The minimum absolute atomic E-state index is 0.238. The summed E-state index contributed by atoms with van der Waals surface area (Å²) in [4.78, 5) is 26.2. The third kappa shape index (κ3) is 3.90. The van der Waals surface area contributed by atoms with E-state index < -0.39 is 0 Å². The van der Waals surface area contributed by atoms with E-state index in [1.807, 2.05) is 37.3 Å². The molecule has 0 aliphatic carbocycles. The Balaban J connectivity index is 1.77. The first-order valence-corrected chi connectivity index (χ1v) is 9.55. The summed E-state index contributed by atoms with van der Waals surface area (Å²) >= 11 is 0. The van der Waals surface area contributed by atoms with E-state index in [0.29, 0.717) is 23.9 Å². The van der Waals surface area contributed by atoms with Gasteiger partial charge in [0, 0.05) is 6.54 Å². The van der Waals surface area contributed by atoms with Crippen molar-refractivity contribution in [3.8, 4) is 0 Å². The molecule has 0 aliphatic heterocycles. The monoisotopic (exact) mass is 388 g/mol. The molecule has 5 heteroatoms. The number of hydrogen-bond acceptors (Lipinski definition) is 2. The van der Waals surface area contributed by atoms with Gasteiger partial charge in [0.1, 0.15) is 5.82 Å². The smallest absolute Gasteiger partial charge is 0.289 e. The summed E-state index contributed by atoms with van der Waals surface area (Å²) in [6.45, 7) is 2.64. The number of aromatic nitrogens is 2. The highest BCUT2D eigenvalue weighted by atomic mass is 19.1. The highest BCUT2D eigenvalue weighted by Gasteiger charge is 2.13. The SMILES string of the molecule is Cc1ccc(Cn2c(=O)n(CCc3ccc(F)cc3)c(=O)c3ccccc32)cc1. The molecule has 0 fully saturated rings. The summed E-state index contributed by atoms with van der Waals surface area (Å²) in [7, 11) is 0. The van der Waals surface area contributed by atoms with E-state index in [-0.39, 0.29) is 23.6 Å². The Hall–Kier alpha value is -3.47. The van der Waals surface area contributed by atoms with Crippen LogP contribution in [0.1, 0.15) is 16.7 Å². The summed E-state index contributed by atoms with van der Waals surface area (Å²) in [5, 5.41) is 0.512. The van der Waals surface area contributed by atoms with Gasteiger partial charge in [0.25, 0.3) is 5.56 Å². The van der Waals surface area contributed by atoms with Crippen LogP contribution >= 0.6 is 0 Å². The van der Waals surface area contributed by atoms with Gasteiger partial charge in [-0.3, -0.25) is 13.9 Å². The molecular formula is C24H21FN2O2. The molecule has 0 amide bonds. The number of fused-ring (bicyclic) bond motifs is 1. The molecule has 0 saturated carbocycles. The van der Waals surface area contributed by atoms with Crippen molar-refractivity contribution in [3.63, 3.8) is 0 Å². The largest absolute Gasteiger partial charge is 0.331 e. The lowest BCUT2D eigenvalue weighted by Gasteiger charge is -2.14. The van der Waals surface area contributed by atoms with Crippen molar-refractivity contribution in [2.24, 2.45) is 0 Å². The summed E-state index contributed by atoms with van der Waals surface area (Å²) in [6.07, 6.45) is 0.471. The van der Waals surface area contributed by atoms with E-state index in [1.165, 1.54) is 16.7 Å². The lowest BCUT2D eigenvalue weighted by atomic mass is 10.1. The zero-order valence-corrected chi connectivity index (χ0v) is 16.1. The number of benzene rings is 3. The first-order valence-electron chi connectivity index (χ1n) is 9.55.